The van der Waals surface area contributed by atoms with Gasteiger partial charge in [0.2, 0.25) is 5.91 Å². The fourth-order valence-corrected chi connectivity index (χ4v) is 2.68. The van der Waals surface area contributed by atoms with Gasteiger partial charge in [-0.25, -0.2) is 4.98 Å². The number of rotatable bonds is 8. The van der Waals surface area contributed by atoms with Crippen molar-refractivity contribution in [3.05, 3.63) is 18.2 Å². The Labute approximate surface area is 127 Å². The third kappa shape index (κ3) is 4.96. The molecule has 114 valence electrons. The summed E-state index contributed by atoms with van der Waals surface area (Å²) in [6.45, 7) is 1.66. The van der Waals surface area contributed by atoms with E-state index in [1.165, 1.54) is 11.3 Å². The predicted octanol–water partition coefficient (Wildman–Crippen LogP) is 2.26. The second-order valence-electron chi connectivity index (χ2n) is 4.50. The summed E-state index contributed by atoms with van der Waals surface area (Å²) in [5.41, 5.74) is 7.24. The van der Waals surface area contributed by atoms with Gasteiger partial charge in [-0.3, -0.25) is 4.79 Å². The van der Waals surface area contributed by atoms with Gasteiger partial charge in [0.15, 0.2) is 5.13 Å². The van der Waals surface area contributed by atoms with E-state index in [-0.39, 0.29) is 5.91 Å². The number of carbonyl (C=O) groups excluding carboxylic acids is 1. The summed E-state index contributed by atoms with van der Waals surface area (Å²) in [6.07, 6.45) is 1.14. The lowest BCUT2D eigenvalue weighted by atomic mass is 10.3. The van der Waals surface area contributed by atoms with Crippen LogP contribution in [-0.4, -0.2) is 37.8 Å². The van der Waals surface area contributed by atoms with Gasteiger partial charge in [0.1, 0.15) is 0 Å². The Morgan fingerprint density at radius 3 is 3.05 bits per heavy atom. The zero-order valence-corrected chi connectivity index (χ0v) is 12.7. The van der Waals surface area contributed by atoms with Crippen molar-refractivity contribution in [1.29, 1.82) is 0 Å². The first-order valence-corrected chi connectivity index (χ1v) is 7.53. The highest BCUT2D eigenvalue weighted by Gasteiger charge is 2.08. The number of thiazole rings is 1. The van der Waals surface area contributed by atoms with Crippen LogP contribution in [0, 0.1) is 0 Å². The van der Waals surface area contributed by atoms with Crippen molar-refractivity contribution in [3.63, 3.8) is 0 Å². The van der Waals surface area contributed by atoms with Crippen LogP contribution in [0.3, 0.4) is 0 Å². The van der Waals surface area contributed by atoms with Crippen LogP contribution in [0.4, 0.5) is 10.8 Å². The summed E-state index contributed by atoms with van der Waals surface area (Å²) >= 11 is 1.41. The van der Waals surface area contributed by atoms with Gasteiger partial charge >= 0.3 is 0 Å². The minimum Gasteiger partial charge on any atom is -0.399 e. The molecule has 0 spiro atoms. The molecule has 1 heterocycles. The van der Waals surface area contributed by atoms with Crippen molar-refractivity contribution in [2.24, 2.45) is 0 Å². The number of hydrogen-bond acceptors (Lipinski definition) is 6. The van der Waals surface area contributed by atoms with Gasteiger partial charge in [-0.15, -0.1) is 0 Å². The zero-order valence-electron chi connectivity index (χ0n) is 11.9. The van der Waals surface area contributed by atoms with Crippen LogP contribution in [0.1, 0.15) is 12.8 Å². The molecule has 21 heavy (non-hydrogen) atoms. The van der Waals surface area contributed by atoms with Gasteiger partial charge in [0.25, 0.3) is 0 Å². The number of nitrogens with zero attached hydrogens (tertiary/aromatic N) is 1. The number of benzene rings is 1. The maximum Gasteiger partial charge on any atom is 0.228 e. The molecule has 0 unspecified atom stereocenters. The Bertz CT molecular complexity index is 600. The molecule has 0 saturated carbocycles. The van der Waals surface area contributed by atoms with E-state index in [1.54, 1.807) is 13.2 Å². The minimum absolute atomic E-state index is 0.103. The molecule has 0 radical (unpaired) electrons. The van der Waals surface area contributed by atoms with Gasteiger partial charge in [-0.1, -0.05) is 11.3 Å². The molecular formula is C14H19N3O3S. The van der Waals surface area contributed by atoms with Crippen LogP contribution in [0.5, 0.6) is 0 Å². The van der Waals surface area contributed by atoms with E-state index in [9.17, 15) is 4.79 Å². The molecular weight excluding hydrogens is 290 g/mol. The van der Waals surface area contributed by atoms with Crippen molar-refractivity contribution in [2.75, 3.05) is 38.0 Å². The summed E-state index contributed by atoms with van der Waals surface area (Å²) in [7, 11) is 1.65. The van der Waals surface area contributed by atoms with E-state index in [1.807, 2.05) is 12.1 Å². The first-order chi connectivity index (χ1) is 10.2. The quantitative estimate of drug-likeness (QED) is 0.577. The van der Waals surface area contributed by atoms with E-state index in [0.717, 1.165) is 16.6 Å². The Morgan fingerprint density at radius 2 is 2.24 bits per heavy atom. The molecule has 3 N–H and O–H groups in total. The van der Waals surface area contributed by atoms with Gasteiger partial charge in [0, 0.05) is 26.0 Å². The molecule has 2 aromatic rings. The number of aromatic nitrogens is 1. The van der Waals surface area contributed by atoms with Crippen molar-refractivity contribution in [3.8, 4) is 0 Å². The molecule has 2 rings (SSSR count). The first-order valence-electron chi connectivity index (χ1n) is 6.71. The molecule has 0 bridgehead atoms. The second kappa shape index (κ2) is 7.92. The molecule has 7 heteroatoms. The number of hydrogen-bond donors (Lipinski definition) is 2. The van der Waals surface area contributed by atoms with E-state index in [4.69, 9.17) is 15.2 Å². The fourth-order valence-electron chi connectivity index (χ4n) is 1.75. The van der Waals surface area contributed by atoms with Gasteiger partial charge in [0.05, 0.1) is 23.2 Å². The number of methoxy groups -OCH3 is 1. The number of ether oxygens (including phenoxy) is 2. The third-order valence-electron chi connectivity index (χ3n) is 2.77. The fraction of sp³-hybridized carbons (Fsp3) is 0.429. The Kier molecular flexibility index (Phi) is 5.91. The summed E-state index contributed by atoms with van der Waals surface area (Å²) in [5, 5.41) is 3.36. The molecule has 0 saturated heterocycles. The molecule has 1 amide bonds. The number of fused-ring (bicyclic) bond motifs is 1. The van der Waals surface area contributed by atoms with Crippen LogP contribution in [0.2, 0.25) is 0 Å². The van der Waals surface area contributed by atoms with E-state index >= 15 is 0 Å². The molecule has 0 aliphatic rings. The molecule has 0 aliphatic heterocycles. The number of amides is 1. The van der Waals surface area contributed by atoms with Gasteiger partial charge in [-0.05, 0) is 24.6 Å². The van der Waals surface area contributed by atoms with Crippen molar-refractivity contribution in [2.45, 2.75) is 12.8 Å². The molecule has 0 fully saturated rings. The van der Waals surface area contributed by atoms with Gasteiger partial charge in [-0.2, -0.15) is 0 Å². The first kappa shape index (κ1) is 15.7. The zero-order chi connectivity index (χ0) is 15.1. The van der Waals surface area contributed by atoms with Crippen LogP contribution in [0.25, 0.3) is 10.2 Å². The molecule has 0 atom stereocenters. The normalized spacial score (nSPS) is 10.9. The average molecular weight is 309 g/mol. The summed E-state index contributed by atoms with van der Waals surface area (Å²) in [6, 6.07) is 5.48. The summed E-state index contributed by atoms with van der Waals surface area (Å²) in [5.74, 6) is -0.103. The van der Waals surface area contributed by atoms with Crippen LogP contribution >= 0.6 is 11.3 Å². The van der Waals surface area contributed by atoms with Crippen LogP contribution in [-0.2, 0) is 14.3 Å². The minimum atomic E-state index is -0.103. The van der Waals surface area contributed by atoms with E-state index in [0.29, 0.717) is 37.1 Å². The van der Waals surface area contributed by atoms with Crippen molar-refractivity contribution in [1.82, 2.24) is 4.98 Å². The lowest BCUT2D eigenvalue weighted by Gasteiger charge is -2.03. The maximum atomic E-state index is 11.8. The SMILES string of the molecule is COCCCOCCC(=O)Nc1nc2ccc(N)cc2s1. The lowest BCUT2D eigenvalue weighted by Crippen LogP contribution is -2.14. The van der Waals surface area contributed by atoms with Crippen LogP contribution < -0.4 is 11.1 Å². The largest absolute Gasteiger partial charge is 0.399 e. The smallest absolute Gasteiger partial charge is 0.228 e. The Morgan fingerprint density at radius 1 is 1.38 bits per heavy atom. The van der Waals surface area contributed by atoms with Crippen molar-refractivity contribution >= 4 is 38.3 Å². The van der Waals surface area contributed by atoms with Gasteiger partial charge < -0.3 is 20.5 Å². The summed E-state index contributed by atoms with van der Waals surface area (Å²) < 4.78 is 11.2. The topological polar surface area (TPSA) is 86.5 Å². The molecule has 6 nitrogen and oxygen atoms in total. The van der Waals surface area contributed by atoms with Crippen molar-refractivity contribution < 1.29 is 14.3 Å². The lowest BCUT2D eigenvalue weighted by molar-refractivity contribution is -0.117. The Balaban J connectivity index is 1.76. The van der Waals surface area contributed by atoms with Crippen LogP contribution in [0.15, 0.2) is 18.2 Å². The Hall–Kier alpha value is -1.70. The molecule has 0 aliphatic carbocycles. The maximum absolute atomic E-state index is 11.8. The summed E-state index contributed by atoms with van der Waals surface area (Å²) in [4.78, 5) is 16.1. The number of nitrogen functional groups attached to an aromatic ring is 1. The monoisotopic (exact) mass is 309 g/mol. The highest BCUT2D eigenvalue weighted by Crippen LogP contribution is 2.27. The standard InChI is InChI=1S/C14H19N3O3S/c1-19-6-2-7-20-8-5-13(18)17-14-16-11-4-3-10(15)9-12(11)21-14/h3-4,9H,2,5-8,15H2,1H3,(H,16,17,18). The third-order valence-corrected chi connectivity index (χ3v) is 3.70. The second-order valence-corrected chi connectivity index (χ2v) is 5.53. The predicted molar refractivity (Wildman–Crippen MR) is 84.6 cm³/mol. The van der Waals surface area contributed by atoms with E-state index < -0.39 is 0 Å². The number of nitrogens with one attached hydrogen (secondary N) is 1. The highest BCUT2D eigenvalue weighted by molar-refractivity contribution is 7.22. The van der Waals surface area contributed by atoms with E-state index in [2.05, 4.69) is 10.3 Å². The average Bonchev–Trinajstić information content (AvgIpc) is 2.83. The molecule has 1 aromatic carbocycles. The highest BCUT2D eigenvalue weighted by atomic mass is 32.1. The number of nitrogens with two attached hydrogens (primary N) is 1. The number of anilines is 2. The molecule has 1 aromatic heterocycles. The number of carbonyl (C=O) groups is 1.